The summed E-state index contributed by atoms with van der Waals surface area (Å²) in [5.41, 5.74) is 0.111. The lowest BCUT2D eigenvalue weighted by Crippen LogP contribution is -2.28. The second kappa shape index (κ2) is 8.19. The fourth-order valence-electron chi connectivity index (χ4n) is 1.65. The van der Waals surface area contributed by atoms with Gasteiger partial charge in [0, 0.05) is 12.3 Å². The van der Waals surface area contributed by atoms with Gasteiger partial charge in [-0.1, -0.05) is 12.1 Å². The number of amides is 1. The van der Waals surface area contributed by atoms with Crippen molar-refractivity contribution in [3.8, 4) is 0 Å². The van der Waals surface area contributed by atoms with Crippen LogP contribution >= 0.6 is 11.8 Å². The maximum atomic E-state index is 12.3. The summed E-state index contributed by atoms with van der Waals surface area (Å²) in [7, 11) is -3.54. The Hall–Kier alpha value is -1.54. The molecule has 0 atom stereocenters. The van der Waals surface area contributed by atoms with Crippen LogP contribution in [0, 0.1) is 0 Å². The van der Waals surface area contributed by atoms with Crippen molar-refractivity contribution < 1.29 is 23.1 Å². The van der Waals surface area contributed by atoms with Crippen molar-refractivity contribution in [3.05, 3.63) is 29.8 Å². The Morgan fingerprint density at radius 2 is 1.91 bits per heavy atom. The molecule has 1 aromatic carbocycles. The lowest BCUT2D eigenvalue weighted by Gasteiger charge is -2.12. The molecular weight excluding hydrogens is 326 g/mol. The Labute approximate surface area is 134 Å². The molecule has 0 saturated heterocycles. The minimum atomic E-state index is -3.54. The number of carboxylic acids is 1. The lowest BCUT2D eigenvalue weighted by atomic mass is 10.2. The van der Waals surface area contributed by atoms with Crippen LogP contribution in [0.15, 0.2) is 29.2 Å². The summed E-state index contributed by atoms with van der Waals surface area (Å²) in [5, 5.41) is 10.5. The number of benzene rings is 1. The average Bonchev–Trinajstić information content (AvgIpc) is 2.46. The predicted molar refractivity (Wildman–Crippen MR) is 86.1 cm³/mol. The number of hydrogen-bond acceptors (Lipinski definition) is 5. The van der Waals surface area contributed by atoms with E-state index in [9.17, 15) is 18.0 Å². The second-order valence-electron chi connectivity index (χ2n) is 4.79. The van der Waals surface area contributed by atoms with Gasteiger partial charge < -0.3 is 10.4 Å². The van der Waals surface area contributed by atoms with Gasteiger partial charge in [-0.3, -0.25) is 9.59 Å². The summed E-state index contributed by atoms with van der Waals surface area (Å²) < 4.78 is 24.5. The minimum absolute atomic E-state index is 0.0145. The van der Waals surface area contributed by atoms with Crippen molar-refractivity contribution in [2.45, 2.75) is 24.0 Å². The van der Waals surface area contributed by atoms with E-state index in [0.29, 0.717) is 5.75 Å². The molecule has 0 aliphatic rings. The van der Waals surface area contributed by atoms with Crippen molar-refractivity contribution in [3.63, 3.8) is 0 Å². The second-order valence-corrected chi connectivity index (χ2v) is 8.37. The van der Waals surface area contributed by atoms with Crippen LogP contribution in [0.2, 0.25) is 0 Å². The smallest absolute Gasteiger partial charge is 0.313 e. The van der Waals surface area contributed by atoms with Crippen LogP contribution in [0.4, 0.5) is 0 Å². The van der Waals surface area contributed by atoms with Crippen molar-refractivity contribution >= 4 is 33.5 Å². The van der Waals surface area contributed by atoms with Crippen LogP contribution < -0.4 is 5.32 Å². The van der Waals surface area contributed by atoms with Crippen molar-refractivity contribution in [2.24, 2.45) is 0 Å². The first kappa shape index (κ1) is 18.5. The molecular formula is C14H19NO5S2. The molecule has 1 rings (SSSR count). The third-order valence-corrected chi connectivity index (χ3v) is 5.97. The lowest BCUT2D eigenvalue weighted by molar-refractivity contribution is -0.133. The van der Waals surface area contributed by atoms with Crippen LogP contribution in [0.3, 0.4) is 0 Å². The largest absolute Gasteiger partial charge is 0.481 e. The number of aliphatic carboxylic acids is 1. The molecule has 22 heavy (non-hydrogen) atoms. The van der Waals surface area contributed by atoms with Crippen LogP contribution in [-0.2, 0) is 14.6 Å². The molecule has 6 nitrogen and oxygen atoms in total. The van der Waals surface area contributed by atoms with Crippen LogP contribution in [0.25, 0.3) is 0 Å². The van der Waals surface area contributed by atoms with E-state index in [2.05, 4.69) is 5.32 Å². The minimum Gasteiger partial charge on any atom is -0.481 e. The van der Waals surface area contributed by atoms with E-state index >= 15 is 0 Å². The summed E-state index contributed by atoms with van der Waals surface area (Å²) in [6.07, 6.45) is 0. The quantitative estimate of drug-likeness (QED) is 0.691. The zero-order valence-electron chi connectivity index (χ0n) is 12.4. The first-order valence-electron chi connectivity index (χ1n) is 6.67. The summed E-state index contributed by atoms with van der Waals surface area (Å²) in [5.74, 6) is -0.980. The molecule has 8 heteroatoms. The molecule has 0 unspecified atom stereocenters. The van der Waals surface area contributed by atoms with Gasteiger partial charge in [0.15, 0.2) is 9.84 Å². The number of rotatable bonds is 8. The van der Waals surface area contributed by atoms with Crippen LogP contribution in [0.5, 0.6) is 0 Å². The maximum absolute atomic E-state index is 12.3. The molecule has 122 valence electrons. The highest BCUT2D eigenvalue weighted by Crippen LogP contribution is 2.20. The van der Waals surface area contributed by atoms with Crippen molar-refractivity contribution in [2.75, 3.05) is 18.1 Å². The Balaban J connectivity index is 2.77. The van der Waals surface area contributed by atoms with Crippen molar-refractivity contribution in [1.29, 1.82) is 0 Å². The van der Waals surface area contributed by atoms with Gasteiger partial charge in [0.05, 0.1) is 21.5 Å². The zero-order chi connectivity index (χ0) is 16.8. The predicted octanol–water partition coefficient (Wildman–Crippen LogP) is 1.42. The number of carboxylic acid groups (broad SMARTS) is 1. The third-order valence-electron chi connectivity index (χ3n) is 2.82. The molecule has 0 heterocycles. The number of nitrogens with one attached hydrogen (secondary N) is 1. The molecule has 0 saturated carbocycles. The van der Waals surface area contributed by atoms with Gasteiger partial charge >= 0.3 is 5.97 Å². The normalized spacial score (nSPS) is 11.4. The van der Waals surface area contributed by atoms with Gasteiger partial charge in [-0.2, -0.15) is 0 Å². The highest BCUT2D eigenvalue weighted by Gasteiger charge is 2.24. The van der Waals surface area contributed by atoms with E-state index in [1.165, 1.54) is 23.9 Å². The number of carbonyl (C=O) groups excluding carboxylic acids is 1. The van der Waals surface area contributed by atoms with E-state index in [0.717, 1.165) is 0 Å². The molecule has 0 aliphatic carbocycles. The summed E-state index contributed by atoms with van der Waals surface area (Å²) >= 11 is 1.18. The average molecular weight is 345 g/mol. The van der Waals surface area contributed by atoms with E-state index in [4.69, 9.17) is 5.11 Å². The topological polar surface area (TPSA) is 101 Å². The van der Waals surface area contributed by atoms with Gasteiger partial charge in [0.1, 0.15) is 0 Å². The van der Waals surface area contributed by atoms with Crippen molar-refractivity contribution in [1.82, 2.24) is 5.32 Å². The number of sulfone groups is 1. The molecule has 0 aliphatic heterocycles. The monoisotopic (exact) mass is 345 g/mol. The number of thioether (sulfide) groups is 1. The zero-order valence-corrected chi connectivity index (χ0v) is 14.0. The van der Waals surface area contributed by atoms with Gasteiger partial charge in [0.2, 0.25) is 0 Å². The van der Waals surface area contributed by atoms with E-state index < -0.39 is 27.0 Å². The summed E-state index contributed by atoms with van der Waals surface area (Å²) in [6, 6.07) is 6.07. The van der Waals surface area contributed by atoms with Gasteiger partial charge in [-0.05, 0) is 26.0 Å². The summed E-state index contributed by atoms with van der Waals surface area (Å²) in [4.78, 5) is 22.5. The fraction of sp³-hybridized carbons (Fsp3) is 0.429. The first-order valence-corrected chi connectivity index (χ1v) is 9.37. The van der Waals surface area contributed by atoms with Gasteiger partial charge in [-0.25, -0.2) is 8.42 Å². The van der Waals surface area contributed by atoms with Gasteiger partial charge in [-0.15, -0.1) is 11.8 Å². The summed E-state index contributed by atoms with van der Waals surface area (Å²) in [6.45, 7) is 3.39. The highest BCUT2D eigenvalue weighted by molar-refractivity contribution is 7.99. The SMILES string of the molecule is CC(C)S(=O)(=O)c1ccccc1C(=O)NCCSCC(=O)O. The molecule has 1 amide bonds. The Morgan fingerprint density at radius 3 is 2.50 bits per heavy atom. The number of hydrogen-bond donors (Lipinski definition) is 2. The molecule has 2 N–H and O–H groups in total. The Morgan fingerprint density at radius 1 is 1.27 bits per heavy atom. The Kier molecular flexibility index (Phi) is 6.89. The van der Waals surface area contributed by atoms with E-state index in [1.54, 1.807) is 26.0 Å². The standard InChI is InChI=1S/C14H19NO5S2/c1-10(2)22(19,20)12-6-4-3-5-11(12)14(18)15-7-8-21-9-13(16)17/h3-6,10H,7-9H2,1-2H3,(H,15,18)(H,16,17). The maximum Gasteiger partial charge on any atom is 0.313 e. The third kappa shape index (κ3) is 5.03. The van der Waals surface area contributed by atoms with Crippen LogP contribution in [0.1, 0.15) is 24.2 Å². The van der Waals surface area contributed by atoms with Gasteiger partial charge in [0.25, 0.3) is 5.91 Å². The highest BCUT2D eigenvalue weighted by atomic mass is 32.2. The van der Waals surface area contributed by atoms with E-state index in [1.807, 2.05) is 0 Å². The molecule has 0 radical (unpaired) electrons. The Bertz CT molecular complexity index is 640. The molecule has 1 aromatic rings. The van der Waals surface area contributed by atoms with Crippen LogP contribution in [-0.4, -0.2) is 48.7 Å². The van der Waals surface area contributed by atoms with E-state index in [-0.39, 0.29) is 22.8 Å². The molecule has 0 aromatic heterocycles. The fourth-order valence-corrected chi connectivity index (χ4v) is 3.46. The molecule has 0 spiro atoms. The first-order chi connectivity index (χ1) is 10.3. The number of carbonyl (C=O) groups is 2. The molecule has 0 bridgehead atoms. The molecule has 0 fully saturated rings.